The number of unbranched alkanes of at least 4 members (excludes halogenated alkanes) is 1. The van der Waals surface area contributed by atoms with Gasteiger partial charge in [0.2, 0.25) is 0 Å². The van der Waals surface area contributed by atoms with E-state index in [4.69, 9.17) is 9.47 Å². The minimum Gasteiger partial charge on any atom is -0.493 e. The molecule has 136 valence electrons. The van der Waals surface area contributed by atoms with Crippen LogP contribution in [0, 0.1) is 0 Å². The molecular weight excluding hydrogens is 322 g/mol. The Morgan fingerprint density at radius 3 is 2.67 bits per heavy atom. The molecule has 24 heavy (non-hydrogen) atoms. The highest BCUT2D eigenvalue weighted by atomic mass is 32.2. The van der Waals surface area contributed by atoms with Gasteiger partial charge in [-0.2, -0.15) is 11.8 Å². The summed E-state index contributed by atoms with van der Waals surface area (Å²) in [4.78, 5) is 4.65. The molecule has 0 aliphatic heterocycles. The number of rotatable bonds is 11. The summed E-state index contributed by atoms with van der Waals surface area (Å²) >= 11 is 1.89. The largest absolute Gasteiger partial charge is 0.493 e. The Hall–Kier alpha value is -1.56. The Morgan fingerprint density at radius 2 is 2.00 bits per heavy atom. The molecule has 6 heteroatoms. The Labute approximate surface area is 150 Å². The van der Waals surface area contributed by atoms with Crippen LogP contribution in [0.1, 0.15) is 32.3 Å². The summed E-state index contributed by atoms with van der Waals surface area (Å²) in [6, 6.07) is 5.94. The Morgan fingerprint density at radius 1 is 1.17 bits per heavy atom. The van der Waals surface area contributed by atoms with Crippen molar-refractivity contribution in [2.45, 2.75) is 33.2 Å². The maximum atomic E-state index is 5.62. The third-order valence-electron chi connectivity index (χ3n) is 3.36. The maximum Gasteiger partial charge on any atom is 0.191 e. The van der Waals surface area contributed by atoms with Crippen molar-refractivity contribution < 1.29 is 9.47 Å². The average molecular weight is 354 g/mol. The SMILES string of the molecule is CCNC(=NCc1ccc(OC)c(OCC)c1)NCCCCSC. The first-order valence-electron chi connectivity index (χ1n) is 8.55. The summed E-state index contributed by atoms with van der Waals surface area (Å²) in [6.45, 7) is 7.05. The van der Waals surface area contributed by atoms with E-state index in [9.17, 15) is 0 Å². The van der Waals surface area contributed by atoms with Gasteiger partial charge in [0, 0.05) is 13.1 Å². The molecule has 1 aromatic rings. The third-order valence-corrected chi connectivity index (χ3v) is 4.06. The fourth-order valence-electron chi connectivity index (χ4n) is 2.18. The number of hydrogen-bond acceptors (Lipinski definition) is 4. The summed E-state index contributed by atoms with van der Waals surface area (Å²) in [7, 11) is 1.65. The lowest BCUT2D eigenvalue weighted by atomic mass is 10.2. The predicted molar refractivity (Wildman–Crippen MR) is 105 cm³/mol. The minimum atomic E-state index is 0.601. The van der Waals surface area contributed by atoms with Crippen molar-refractivity contribution in [1.82, 2.24) is 10.6 Å². The standard InChI is InChI=1S/C18H31N3O2S/c1-5-19-18(20-11-7-8-12-24-4)21-14-15-9-10-16(22-3)17(13-15)23-6-2/h9-10,13H,5-8,11-12,14H2,1-4H3,(H2,19,20,21). The number of nitrogens with one attached hydrogen (secondary N) is 2. The lowest BCUT2D eigenvalue weighted by molar-refractivity contribution is 0.310. The fourth-order valence-corrected chi connectivity index (χ4v) is 2.67. The van der Waals surface area contributed by atoms with Gasteiger partial charge in [-0.1, -0.05) is 6.07 Å². The first-order valence-corrected chi connectivity index (χ1v) is 9.95. The monoisotopic (exact) mass is 353 g/mol. The number of aliphatic imine (C=N–C) groups is 1. The number of ether oxygens (including phenoxy) is 2. The molecule has 0 amide bonds. The van der Waals surface area contributed by atoms with Crippen molar-refractivity contribution in [1.29, 1.82) is 0 Å². The lowest BCUT2D eigenvalue weighted by Crippen LogP contribution is -2.37. The van der Waals surface area contributed by atoms with E-state index in [0.717, 1.165) is 42.5 Å². The second kappa shape index (κ2) is 12.8. The molecule has 0 atom stereocenters. The van der Waals surface area contributed by atoms with Crippen LogP contribution in [0.4, 0.5) is 0 Å². The molecule has 0 saturated carbocycles. The van der Waals surface area contributed by atoms with E-state index in [0.29, 0.717) is 13.2 Å². The van der Waals surface area contributed by atoms with Crippen molar-refractivity contribution in [2.75, 3.05) is 38.8 Å². The second-order valence-corrected chi connectivity index (χ2v) is 6.23. The molecule has 0 aliphatic carbocycles. The van der Waals surface area contributed by atoms with Gasteiger partial charge in [0.05, 0.1) is 20.3 Å². The van der Waals surface area contributed by atoms with E-state index in [1.807, 2.05) is 36.9 Å². The highest BCUT2D eigenvalue weighted by molar-refractivity contribution is 7.98. The van der Waals surface area contributed by atoms with Crippen molar-refractivity contribution in [2.24, 2.45) is 4.99 Å². The van der Waals surface area contributed by atoms with Crippen LogP contribution in [0.15, 0.2) is 23.2 Å². The third kappa shape index (κ3) is 7.81. The Bertz CT molecular complexity index is 495. The van der Waals surface area contributed by atoms with Gasteiger partial charge in [-0.15, -0.1) is 0 Å². The van der Waals surface area contributed by atoms with Gasteiger partial charge in [0.25, 0.3) is 0 Å². The molecule has 0 bridgehead atoms. The molecule has 1 rings (SSSR count). The van der Waals surface area contributed by atoms with Crippen LogP contribution in [-0.4, -0.2) is 44.8 Å². The smallest absolute Gasteiger partial charge is 0.191 e. The van der Waals surface area contributed by atoms with E-state index < -0.39 is 0 Å². The van der Waals surface area contributed by atoms with Gasteiger partial charge >= 0.3 is 0 Å². The normalized spacial score (nSPS) is 11.2. The van der Waals surface area contributed by atoms with E-state index in [-0.39, 0.29) is 0 Å². The van der Waals surface area contributed by atoms with Crippen LogP contribution < -0.4 is 20.1 Å². The number of nitrogens with zero attached hydrogens (tertiary/aromatic N) is 1. The van der Waals surface area contributed by atoms with Crippen LogP contribution in [0.5, 0.6) is 11.5 Å². The number of guanidine groups is 1. The number of hydrogen-bond donors (Lipinski definition) is 2. The van der Waals surface area contributed by atoms with Crippen molar-refractivity contribution in [3.8, 4) is 11.5 Å². The van der Waals surface area contributed by atoms with Gasteiger partial charge in [0.1, 0.15) is 0 Å². The highest BCUT2D eigenvalue weighted by Gasteiger charge is 2.05. The zero-order valence-corrected chi connectivity index (χ0v) is 16.2. The quantitative estimate of drug-likeness (QED) is 0.363. The second-order valence-electron chi connectivity index (χ2n) is 5.24. The van der Waals surface area contributed by atoms with Crippen molar-refractivity contribution >= 4 is 17.7 Å². The molecule has 0 heterocycles. The first kappa shape index (κ1) is 20.5. The van der Waals surface area contributed by atoms with Crippen LogP contribution >= 0.6 is 11.8 Å². The average Bonchev–Trinajstić information content (AvgIpc) is 2.60. The molecule has 0 aliphatic rings. The molecule has 5 nitrogen and oxygen atoms in total. The zero-order chi connectivity index (χ0) is 17.6. The van der Waals surface area contributed by atoms with Crippen LogP contribution in [0.25, 0.3) is 0 Å². The van der Waals surface area contributed by atoms with Crippen molar-refractivity contribution in [3.05, 3.63) is 23.8 Å². The van der Waals surface area contributed by atoms with E-state index in [1.165, 1.54) is 12.2 Å². The van der Waals surface area contributed by atoms with Crippen LogP contribution in [-0.2, 0) is 6.54 Å². The molecule has 0 fully saturated rings. The van der Waals surface area contributed by atoms with E-state index in [1.54, 1.807) is 7.11 Å². The van der Waals surface area contributed by atoms with Crippen LogP contribution in [0.3, 0.4) is 0 Å². The first-order chi connectivity index (χ1) is 11.7. The molecule has 2 N–H and O–H groups in total. The summed E-state index contributed by atoms with van der Waals surface area (Å²) in [5.74, 6) is 3.59. The van der Waals surface area contributed by atoms with Gasteiger partial charge < -0.3 is 20.1 Å². The lowest BCUT2D eigenvalue weighted by Gasteiger charge is -2.12. The fraction of sp³-hybridized carbons (Fsp3) is 0.611. The molecule has 0 radical (unpaired) electrons. The summed E-state index contributed by atoms with van der Waals surface area (Å²) in [6.07, 6.45) is 4.52. The number of thioether (sulfide) groups is 1. The molecule has 0 unspecified atom stereocenters. The Kier molecular flexibility index (Phi) is 10.9. The minimum absolute atomic E-state index is 0.601. The van der Waals surface area contributed by atoms with Gasteiger partial charge in [-0.25, -0.2) is 4.99 Å². The molecule has 0 aromatic heterocycles. The topological polar surface area (TPSA) is 54.9 Å². The highest BCUT2D eigenvalue weighted by Crippen LogP contribution is 2.28. The summed E-state index contributed by atoms with van der Waals surface area (Å²) in [5, 5.41) is 6.67. The summed E-state index contributed by atoms with van der Waals surface area (Å²) < 4.78 is 10.9. The molecule has 1 aromatic carbocycles. The van der Waals surface area contributed by atoms with Gasteiger partial charge in [0.15, 0.2) is 17.5 Å². The van der Waals surface area contributed by atoms with Crippen molar-refractivity contribution in [3.63, 3.8) is 0 Å². The zero-order valence-electron chi connectivity index (χ0n) is 15.4. The summed E-state index contributed by atoms with van der Waals surface area (Å²) in [5.41, 5.74) is 1.10. The Balaban J connectivity index is 2.62. The van der Waals surface area contributed by atoms with E-state index >= 15 is 0 Å². The van der Waals surface area contributed by atoms with Gasteiger partial charge in [-0.05, 0) is 56.4 Å². The van der Waals surface area contributed by atoms with Gasteiger partial charge in [-0.3, -0.25) is 0 Å². The van der Waals surface area contributed by atoms with E-state index in [2.05, 4.69) is 28.8 Å². The molecular formula is C18H31N3O2S. The maximum absolute atomic E-state index is 5.62. The predicted octanol–water partition coefficient (Wildman–Crippen LogP) is 3.29. The number of methoxy groups -OCH3 is 1. The molecule has 0 spiro atoms. The number of benzene rings is 1. The van der Waals surface area contributed by atoms with Crippen LogP contribution in [0.2, 0.25) is 0 Å². The molecule has 0 saturated heterocycles.